The predicted octanol–water partition coefficient (Wildman–Crippen LogP) is 1.61. The van der Waals surface area contributed by atoms with Crippen molar-refractivity contribution < 1.29 is 9.53 Å². The lowest BCUT2D eigenvalue weighted by molar-refractivity contribution is 0.0594. The van der Waals surface area contributed by atoms with Gasteiger partial charge in [0, 0.05) is 11.8 Å². The van der Waals surface area contributed by atoms with Gasteiger partial charge in [-0.1, -0.05) is 0 Å². The number of methoxy groups -OCH3 is 1. The van der Waals surface area contributed by atoms with E-state index in [-0.39, 0.29) is 11.7 Å². The maximum atomic E-state index is 11.3. The molecule has 0 aliphatic heterocycles. The number of ether oxygens (including phenoxy) is 1. The topological polar surface area (TPSA) is 77.2 Å². The van der Waals surface area contributed by atoms with Crippen LogP contribution in [-0.2, 0) is 4.74 Å². The van der Waals surface area contributed by atoms with Crippen molar-refractivity contribution in [1.29, 1.82) is 0 Å². The van der Waals surface area contributed by atoms with Crippen molar-refractivity contribution in [3.63, 3.8) is 0 Å². The van der Waals surface area contributed by atoms with Crippen molar-refractivity contribution in [2.75, 3.05) is 30.2 Å². The molecule has 1 aromatic rings. The minimum Gasteiger partial charge on any atom is -0.464 e. The van der Waals surface area contributed by atoms with Crippen molar-refractivity contribution in [3.05, 3.63) is 17.8 Å². The fourth-order valence-corrected chi connectivity index (χ4v) is 1.91. The van der Waals surface area contributed by atoms with Crippen LogP contribution in [0.15, 0.2) is 12.1 Å². The van der Waals surface area contributed by atoms with Crippen LogP contribution in [0.2, 0.25) is 0 Å². The minimum atomic E-state index is -0.467. The first kappa shape index (κ1) is 13.6. The van der Waals surface area contributed by atoms with E-state index in [0.29, 0.717) is 11.5 Å². The van der Waals surface area contributed by atoms with Gasteiger partial charge in [-0.05, 0) is 25.3 Å². The minimum absolute atomic E-state index is 0.229. The quantitative estimate of drug-likeness (QED) is 0.778. The number of thioether (sulfide) groups is 1. The predicted molar refractivity (Wildman–Crippen MR) is 71.5 cm³/mol. The number of anilines is 2. The zero-order valence-corrected chi connectivity index (χ0v) is 11.0. The van der Waals surface area contributed by atoms with Gasteiger partial charge in [0.2, 0.25) is 0 Å². The highest BCUT2D eigenvalue weighted by Gasteiger charge is 2.11. The normalized spacial score (nSPS) is 11.9. The number of nitrogens with zero attached hydrogens (tertiary/aromatic N) is 1. The largest absolute Gasteiger partial charge is 0.464 e. The lowest BCUT2D eigenvalue weighted by Gasteiger charge is -2.15. The average Bonchev–Trinajstić information content (AvgIpc) is 2.31. The number of hydrogen-bond acceptors (Lipinski definition) is 6. The molecule has 1 atom stereocenters. The van der Waals surface area contributed by atoms with E-state index in [0.717, 1.165) is 5.75 Å². The molecule has 1 heterocycles. The smallest absolute Gasteiger partial charge is 0.356 e. The van der Waals surface area contributed by atoms with Crippen LogP contribution < -0.4 is 11.1 Å². The van der Waals surface area contributed by atoms with E-state index in [4.69, 9.17) is 5.73 Å². The van der Waals surface area contributed by atoms with Gasteiger partial charge in [-0.2, -0.15) is 11.8 Å². The third-order valence-corrected chi connectivity index (χ3v) is 2.95. The number of nitrogens with one attached hydrogen (secondary N) is 1. The molecule has 1 aromatic heterocycles. The summed E-state index contributed by atoms with van der Waals surface area (Å²) in [5.74, 6) is 0.990. The van der Waals surface area contributed by atoms with E-state index in [9.17, 15) is 4.79 Å². The standard InChI is InChI=1S/C11H17N3O2S/c1-7(6-17-3)13-10-8(12)4-5-9(14-10)11(15)16-2/h4-5,7H,6,12H2,1-3H3,(H,13,14). The summed E-state index contributed by atoms with van der Waals surface area (Å²) in [5.41, 5.74) is 6.56. The van der Waals surface area contributed by atoms with Crippen molar-refractivity contribution in [1.82, 2.24) is 4.98 Å². The Kier molecular flexibility index (Phi) is 5.09. The SMILES string of the molecule is COC(=O)c1ccc(N)c(NC(C)CSC)n1. The van der Waals surface area contributed by atoms with Gasteiger partial charge in [-0.25, -0.2) is 9.78 Å². The van der Waals surface area contributed by atoms with Crippen molar-refractivity contribution in [3.8, 4) is 0 Å². The van der Waals surface area contributed by atoms with E-state index >= 15 is 0 Å². The molecule has 0 bridgehead atoms. The zero-order valence-electron chi connectivity index (χ0n) is 10.2. The molecule has 1 rings (SSSR count). The van der Waals surface area contributed by atoms with Crippen molar-refractivity contribution in [2.24, 2.45) is 0 Å². The number of rotatable bonds is 5. The van der Waals surface area contributed by atoms with Crippen LogP contribution in [0, 0.1) is 0 Å². The van der Waals surface area contributed by atoms with Gasteiger partial charge >= 0.3 is 5.97 Å². The van der Waals surface area contributed by atoms with Crippen LogP contribution in [0.5, 0.6) is 0 Å². The second-order valence-electron chi connectivity index (χ2n) is 3.63. The summed E-state index contributed by atoms with van der Waals surface area (Å²) in [7, 11) is 1.32. The molecule has 0 amide bonds. The molecule has 3 N–H and O–H groups in total. The van der Waals surface area contributed by atoms with Crippen LogP contribution >= 0.6 is 11.8 Å². The fraction of sp³-hybridized carbons (Fsp3) is 0.455. The molecule has 0 fully saturated rings. The second-order valence-corrected chi connectivity index (χ2v) is 4.54. The highest BCUT2D eigenvalue weighted by atomic mass is 32.2. The summed E-state index contributed by atoms with van der Waals surface area (Å²) >= 11 is 1.73. The molecule has 0 aliphatic carbocycles. The maximum absolute atomic E-state index is 11.3. The summed E-state index contributed by atoms with van der Waals surface area (Å²) in [6, 6.07) is 3.42. The molecule has 0 spiro atoms. The number of hydrogen-bond donors (Lipinski definition) is 2. The first-order chi connectivity index (χ1) is 8.08. The van der Waals surface area contributed by atoms with Crippen LogP contribution in [0.1, 0.15) is 17.4 Å². The summed E-state index contributed by atoms with van der Waals surface area (Å²) < 4.78 is 4.61. The molecule has 0 saturated heterocycles. The number of carbonyl (C=O) groups excluding carboxylic acids is 1. The van der Waals surface area contributed by atoms with Crippen LogP contribution in [-0.4, -0.2) is 36.1 Å². The number of aromatic nitrogens is 1. The lowest BCUT2D eigenvalue weighted by Crippen LogP contribution is -2.20. The van der Waals surface area contributed by atoms with E-state index < -0.39 is 5.97 Å². The van der Waals surface area contributed by atoms with E-state index in [1.54, 1.807) is 23.9 Å². The number of nitrogens with two attached hydrogens (primary N) is 1. The Morgan fingerprint density at radius 1 is 1.65 bits per heavy atom. The molecule has 17 heavy (non-hydrogen) atoms. The first-order valence-corrected chi connectivity index (χ1v) is 6.58. The van der Waals surface area contributed by atoms with E-state index in [2.05, 4.69) is 15.0 Å². The number of pyridine rings is 1. The summed E-state index contributed by atoms with van der Waals surface area (Å²) in [6.45, 7) is 2.03. The molecule has 1 unspecified atom stereocenters. The molecular formula is C11H17N3O2S. The highest BCUT2D eigenvalue weighted by Crippen LogP contribution is 2.17. The summed E-state index contributed by atoms with van der Waals surface area (Å²) in [6.07, 6.45) is 2.03. The third kappa shape index (κ3) is 3.81. The Hall–Kier alpha value is -1.43. The van der Waals surface area contributed by atoms with Gasteiger partial charge in [0.25, 0.3) is 0 Å². The first-order valence-electron chi connectivity index (χ1n) is 5.18. The third-order valence-electron chi connectivity index (χ3n) is 2.12. The number of carbonyl (C=O) groups is 1. The Labute approximate surface area is 105 Å². The molecule has 0 saturated carbocycles. The molecule has 0 radical (unpaired) electrons. The highest BCUT2D eigenvalue weighted by molar-refractivity contribution is 7.98. The van der Waals surface area contributed by atoms with Crippen molar-refractivity contribution >= 4 is 29.2 Å². The van der Waals surface area contributed by atoms with E-state index in [1.165, 1.54) is 7.11 Å². The van der Waals surface area contributed by atoms with Gasteiger partial charge in [0.1, 0.15) is 5.82 Å². The molecule has 5 nitrogen and oxygen atoms in total. The Morgan fingerprint density at radius 3 is 2.94 bits per heavy atom. The van der Waals surface area contributed by atoms with Gasteiger partial charge in [0.15, 0.2) is 5.69 Å². The maximum Gasteiger partial charge on any atom is 0.356 e. The summed E-state index contributed by atoms with van der Waals surface area (Å²) in [5, 5.41) is 3.17. The number of nitrogen functional groups attached to an aromatic ring is 1. The van der Waals surface area contributed by atoms with E-state index in [1.807, 2.05) is 13.2 Å². The molecule has 94 valence electrons. The Balaban J connectivity index is 2.86. The van der Waals surface area contributed by atoms with Crippen LogP contribution in [0.4, 0.5) is 11.5 Å². The van der Waals surface area contributed by atoms with Gasteiger partial charge in [-0.3, -0.25) is 0 Å². The lowest BCUT2D eigenvalue weighted by atomic mass is 10.3. The Bertz CT molecular complexity index is 398. The molecule has 0 aliphatic rings. The fourth-order valence-electron chi connectivity index (χ4n) is 1.33. The number of esters is 1. The Morgan fingerprint density at radius 2 is 2.35 bits per heavy atom. The van der Waals surface area contributed by atoms with Crippen molar-refractivity contribution in [2.45, 2.75) is 13.0 Å². The van der Waals surface area contributed by atoms with Gasteiger partial charge in [-0.15, -0.1) is 0 Å². The summed E-state index contributed by atoms with van der Waals surface area (Å²) in [4.78, 5) is 15.5. The van der Waals surface area contributed by atoms with Gasteiger partial charge in [0.05, 0.1) is 12.8 Å². The zero-order chi connectivity index (χ0) is 12.8. The van der Waals surface area contributed by atoms with Gasteiger partial charge < -0.3 is 15.8 Å². The second kappa shape index (κ2) is 6.34. The molecular weight excluding hydrogens is 238 g/mol. The molecule has 6 heteroatoms. The molecule has 0 aromatic carbocycles. The monoisotopic (exact) mass is 255 g/mol. The van der Waals surface area contributed by atoms with Crippen LogP contribution in [0.25, 0.3) is 0 Å². The average molecular weight is 255 g/mol. The van der Waals surface area contributed by atoms with Crippen LogP contribution in [0.3, 0.4) is 0 Å².